The average molecular weight is 531 g/mol. The van der Waals surface area contributed by atoms with Crippen molar-refractivity contribution in [2.24, 2.45) is 0 Å². The second kappa shape index (κ2) is 13.6. The van der Waals surface area contributed by atoms with Gasteiger partial charge in [0.1, 0.15) is 5.69 Å². The van der Waals surface area contributed by atoms with Crippen LogP contribution in [0, 0.1) is 0 Å². The average Bonchev–Trinajstić information content (AvgIpc) is 3.23. The fourth-order valence-corrected chi connectivity index (χ4v) is 2.89. The van der Waals surface area contributed by atoms with E-state index in [1.54, 1.807) is 19.4 Å². The van der Waals surface area contributed by atoms with Crippen LogP contribution < -0.4 is 5.56 Å². The zero-order valence-electron chi connectivity index (χ0n) is 18.7. The maximum atomic E-state index is 11.3. The number of likely N-dealkylation sites (tertiary alicyclic amines) is 1. The minimum atomic E-state index is -5.08. The monoisotopic (exact) mass is 531 g/mol. The Kier molecular flexibility index (Phi) is 11.5. The van der Waals surface area contributed by atoms with E-state index in [-0.39, 0.29) is 5.56 Å². The van der Waals surface area contributed by atoms with Crippen molar-refractivity contribution in [1.82, 2.24) is 24.9 Å². The number of hydrogen-bond acceptors (Lipinski definition) is 7. The molecule has 0 radical (unpaired) electrons. The van der Waals surface area contributed by atoms with Gasteiger partial charge in [-0.05, 0) is 24.5 Å². The van der Waals surface area contributed by atoms with Crippen LogP contribution in [0.5, 0.6) is 0 Å². The molecule has 0 spiro atoms. The highest BCUT2D eigenvalue weighted by molar-refractivity contribution is 5.73. The third-order valence-corrected chi connectivity index (χ3v) is 4.51. The molecular weight excluding hydrogens is 508 g/mol. The van der Waals surface area contributed by atoms with Gasteiger partial charge < -0.3 is 19.9 Å². The number of nitrogens with one attached hydrogen (secondary N) is 1. The number of ether oxygens (including phenoxy) is 1. The number of alkyl halides is 6. The van der Waals surface area contributed by atoms with Crippen LogP contribution in [0.1, 0.15) is 30.1 Å². The number of aromatic amines is 1. The summed E-state index contributed by atoms with van der Waals surface area (Å²) in [5, 5.41) is 22.6. The Morgan fingerprint density at radius 3 is 2.08 bits per heavy atom. The quantitative estimate of drug-likeness (QED) is 0.494. The van der Waals surface area contributed by atoms with E-state index in [0.29, 0.717) is 12.6 Å². The van der Waals surface area contributed by atoms with Gasteiger partial charge >= 0.3 is 24.3 Å². The Balaban J connectivity index is 0.000000383. The van der Waals surface area contributed by atoms with Gasteiger partial charge in [0.05, 0.1) is 18.8 Å². The van der Waals surface area contributed by atoms with Crippen LogP contribution in [-0.4, -0.2) is 79.6 Å². The van der Waals surface area contributed by atoms with E-state index in [1.165, 1.54) is 0 Å². The van der Waals surface area contributed by atoms with Gasteiger partial charge in [-0.25, -0.2) is 14.3 Å². The van der Waals surface area contributed by atoms with E-state index in [1.807, 2.05) is 16.9 Å². The minimum Gasteiger partial charge on any atom is -0.475 e. The molecule has 36 heavy (non-hydrogen) atoms. The number of nitrogens with zero attached hydrogens (tertiary/aromatic N) is 4. The standard InChI is InChI=1S/C15H21N5O2.2C2HF3O2/c1-22-11-13-10-20(18-17-13)14-3-6-19(7-4-14)9-12-2-5-16-15(21)8-12;2*3-2(4,5)1(6)7/h2,5,8,10,14H,3-4,6-7,9,11H2,1H3,(H,16,21);2*(H,6,7). The number of methoxy groups -OCH3 is 1. The fourth-order valence-electron chi connectivity index (χ4n) is 2.89. The minimum absolute atomic E-state index is 0.0410. The first-order valence-electron chi connectivity index (χ1n) is 10.0. The Labute approximate surface area is 199 Å². The van der Waals surface area contributed by atoms with Crippen LogP contribution in [0.2, 0.25) is 0 Å². The molecule has 1 saturated heterocycles. The van der Waals surface area contributed by atoms with Crippen LogP contribution in [0.4, 0.5) is 26.3 Å². The van der Waals surface area contributed by atoms with Gasteiger partial charge in [-0.2, -0.15) is 26.3 Å². The lowest BCUT2D eigenvalue weighted by Crippen LogP contribution is -2.34. The highest BCUT2D eigenvalue weighted by atomic mass is 19.4. The number of aliphatic carboxylic acids is 2. The van der Waals surface area contributed by atoms with Gasteiger partial charge in [-0.1, -0.05) is 5.21 Å². The van der Waals surface area contributed by atoms with Gasteiger partial charge in [-0.3, -0.25) is 9.69 Å². The molecular formula is C19H23F6N5O6. The lowest BCUT2D eigenvalue weighted by Gasteiger charge is -2.31. The molecule has 0 amide bonds. The van der Waals surface area contributed by atoms with Gasteiger partial charge in [0.25, 0.3) is 0 Å². The zero-order valence-corrected chi connectivity index (χ0v) is 18.7. The van der Waals surface area contributed by atoms with Crippen molar-refractivity contribution in [2.45, 2.75) is 44.4 Å². The first kappa shape index (κ1) is 30.6. The Hall–Kier alpha value is -3.47. The number of rotatable bonds is 5. The predicted octanol–water partition coefficient (Wildman–Crippen LogP) is 2.22. The summed E-state index contributed by atoms with van der Waals surface area (Å²) in [6.45, 7) is 3.32. The van der Waals surface area contributed by atoms with E-state index in [4.69, 9.17) is 24.5 Å². The highest BCUT2D eigenvalue weighted by Gasteiger charge is 2.38. The van der Waals surface area contributed by atoms with Gasteiger partial charge in [0, 0.05) is 39.0 Å². The normalized spacial score (nSPS) is 14.8. The number of pyridine rings is 1. The van der Waals surface area contributed by atoms with Crippen molar-refractivity contribution in [3.8, 4) is 0 Å². The van der Waals surface area contributed by atoms with Crippen LogP contribution in [0.3, 0.4) is 0 Å². The topological polar surface area (TPSA) is 151 Å². The van der Waals surface area contributed by atoms with E-state index >= 15 is 0 Å². The number of aromatic nitrogens is 4. The molecule has 0 aliphatic carbocycles. The largest absolute Gasteiger partial charge is 0.490 e. The highest BCUT2D eigenvalue weighted by Crippen LogP contribution is 2.22. The zero-order chi connectivity index (χ0) is 27.5. The number of piperidine rings is 1. The molecule has 202 valence electrons. The number of halogens is 6. The summed E-state index contributed by atoms with van der Waals surface area (Å²) in [7, 11) is 1.66. The second-order valence-corrected chi connectivity index (χ2v) is 7.30. The van der Waals surface area contributed by atoms with Crippen LogP contribution in [-0.2, 0) is 27.5 Å². The summed E-state index contributed by atoms with van der Waals surface area (Å²) in [6, 6.07) is 4.02. The van der Waals surface area contributed by atoms with Gasteiger partial charge in [0.15, 0.2) is 0 Å². The predicted molar refractivity (Wildman–Crippen MR) is 109 cm³/mol. The molecule has 1 fully saturated rings. The molecule has 3 N–H and O–H groups in total. The number of carboxylic acid groups (broad SMARTS) is 2. The Bertz CT molecular complexity index is 1010. The van der Waals surface area contributed by atoms with Crippen molar-refractivity contribution in [2.75, 3.05) is 20.2 Å². The van der Waals surface area contributed by atoms with E-state index < -0.39 is 24.3 Å². The third kappa shape index (κ3) is 11.3. The maximum absolute atomic E-state index is 11.3. The first-order chi connectivity index (χ1) is 16.6. The molecule has 11 nitrogen and oxygen atoms in total. The summed E-state index contributed by atoms with van der Waals surface area (Å²) in [6.07, 6.45) is -4.41. The fraction of sp³-hybridized carbons (Fsp3) is 0.526. The van der Waals surface area contributed by atoms with Crippen LogP contribution in [0.25, 0.3) is 0 Å². The SMILES string of the molecule is COCc1cn(C2CCN(Cc3cc[nH]c(=O)c3)CC2)nn1.O=C(O)C(F)(F)F.O=C(O)C(F)(F)F. The molecule has 17 heteroatoms. The number of H-pyrrole nitrogens is 1. The smallest absolute Gasteiger partial charge is 0.475 e. The Morgan fingerprint density at radius 1 is 1.11 bits per heavy atom. The van der Waals surface area contributed by atoms with Crippen LogP contribution in [0.15, 0.2) is 29.3 Å². The van der Waals surface area contributed by atoms with Crippen LogP contribution >= 0.6 is 0 Å². The van der Waals surface area contributed by atoms with Crippen molar-refractivity contribution in [3.05, 3.63) is 46.1 Å². The number of carbonyl (C=O) groups is 2. The van der Waals surface area contributed by atoms with E-state index in [9.17, 15) is 31.1 Å². The van der Waals surface area contributed by atoms with Gasteiger partial charge in [-0.15, -0.1) is 5.10 Å². The summed E-state index contributed by atoms with van der Waals surface area (Å²) < 4.78 is 70.5. The summed E-state index contributed by atoms with van der Waals surface area (Å²) in [4.78, 5) is 34.1. The lowest BCUT2D eigenvalue weighted by molar-refractivity contribution is -0.193. The van der Waals surface area contributed by atoms with Crippen molar-refractivity contribution in [1.29, 1.82) is 0 Å². The van der Waals surface area contributed by atoms with E-state index in [2.05, 4.69) is 20.2 Å². The number of carboxylic acids is 2. The summed E-state index contributed by atoms with van der Waals surface area (Å²) >= 11 is 0. The molecule has 1 aliphatic rings. The molecule has 0 aromatic carbocycles. The summed E-state index contributed by atoms with van der Waals surface area (Å²) in [5.74, 6) is -5.51. The maximum Gasteiger partial charge on any atom is 0.490 e. The molecule has 0 bridgehead atoms. The number of hydrogen-bond donors (Lipinski definition) is 3. The molecule has 2 aromatic heterocycles. The Morgan fingerprint density at radius 2 is 1.64 bits per heavy atom. The molecule has 3 rings (SSSR count). The second-order valence-electron chi connectivity index (χ2n) is 7.30. The molecule has 0 atom stereocenters. The van der Waals surface area contributed by atoms with Gasteiger partial charge in [0.2, 0.25) is 5.56 Å². The molecule has 2 aromatic rings. The lowest BCUT2D eigenvalue weighted by atomic mass is 10.0. The summed E-state index contributed by atoms with van der Waals surface area (Å²) in [5.41, 5.74) is 1.89. The molecule has 0 unspecified atom stereocenters. The van der Waals surface area contributed by atoms with Crippen molar-refractivity contribution < 1.29 is 50.9 Å². The van der Waals surface area contributed by atoms with Crippen molar-refractivity contribution in [3.63, 3.8) is 0 Å². The molecule has 3 heterocycles. The first-order valence-corrected chi connectivity index (χ1v) is 10.0. The third-order valence-electron chi connectivity index (χ3n) is 4.51. The van der Waals surface area contributed by atoms with Crippen molar-refractivity contribution >= 4 is 11.9 Å². The molecule has 0 saturated carbocycles. The van der Waals surface area contributed by atoms with E-state index in [0.717, 1.165) is 43.7 Å². The molecule has 1 aliphatic heterocycles.